The van der Waals surface area contributed by atoms with Crippen molar-refractivity contribution in [3.05, 3.63) is 64.7 Å². The molecule has 3 nitrogen and oxygen atoms in total. The van der Waals surface area contributed by atoms with Gasteiger partial charge in [-0.25, -0.2) is 4.90 Å². The SMILES string of the molecule is CCc1cccc(N2C(=O)c3ccc(C45CC6CC(CC(C6)C4)C5)cc3C2=O)c1. The number of aryl methyl sites for hydroxylation is 1. The Labute approximate surface area is 172 Å². The Balaban J connectivity index is 1.39. The van der Waals surface area contributed by atoms with Gasteiger partial charge < -0.3 is 0 Å². The Bertz CT molecular complexity index is 1000. The Morgan fingerprint density at radius 2 is 1.52 bits per heavy atom. The van der Waals surface area contributed by atoms with E-state index in [4.69, 9.17) is 0 Å². The first kappa shape index (κ1) is 17.4. The lowest BCUT2D eigenvalue weighted by molar-refractivity contribution is -0.00520. The second kappa shape index (κ2) is 6.04. The number of benzene rings is 2. The molecule has 148 valence electrons. The highest BCUT2D eigenvalue weighted by molar-refractivity contribution is 6.34. The van der Waals surface area contributed by atoms with Gasteiger partial charge in [0.2, 0.25) is 0 Å². The summed E-state index contributed by atoms with van der Waals surface area (Å²) in [5, 5.41) is 0. The van der Waals surface area contributed by atoms with E-state index in [9.17, 15) is 9.59 Å². The van der Waals surface area contributed by atoms with E-state index in [1.54, 1.807) is 0 Å². The topological polar surface area (TPSA) is 37.4 Å². The van der Waals surface area contributed by atoms with Gasteiger partial charge >= 0.3 is 0 Å². The molecule has 1 aliphatic heterocycles. The molecule has 4 saturated carbocycles. The van der Waals surface area contributed by atoms with Crippen molar-refractivity contribution in [1.82, 2.24) is 0 Å². The van der Waals surface area contributed by atoms with Crippen LogP contribution in [0.5, 0.6) is 0 Å². The monoisotopic (exact) mass is 385 g/mol. The summed E-state index contributed by atoms with van der Waals surface area (Å²) >= 11 is 0. The lowest BCUT2D eigenvalue weighted by atomic mass is 9.48. The van der Waals surface area contributed by atoms with Crippen molar-refractivity contribution in [1.29, 1.82) is 0 Å². The normalized spacial score (nSPS) is 32.2. The number of anilines is 1. The summed E-state index contributed by atoms with van der Waals surface area (Å²) in [5.74, 6) is 2.24. The van der Waals surface area contributed by atoms with Crippen LogP contribution in [0.2, 0.25) is 0 Å². The highest BCUT2D eigenvalue weighted by Crippen LogP contribution is 2.60. The van der Waals surface area contributed by atoms with E-state index < -0.39 is 0 Å². The second-order valence-corrected chi connectivity index (χ2v) is 9.93. The van der Waals surface area contributed by atoms with Gasteiger partial charge in [0.1, 0.15) is 0 Å². The summed E-state index contributed by atoms with van der Waals surface area (Å²) in [7, 11) is 0. The first-order chi connectivity index (χ1) is 14.1. The summed E-state index contributed by atoms with van der Waals surface area (Å²) in [6, 6.07) is 13.9. The molecule has 4 fully saturated rings. The maximum Gasteiger partial charge on any atom is 0.266 e. The van der Waals surface area contributed by atoms with E-state index in [-0.39, 0.29) is 17.2 Å². The standard InChI is InChI=1S/C26H27NO2/c1-2-16-4-3-5-21(11-16)27-24(28)22-7-6-20(12-23(22)25(27)29)26-13-17-8-18(14-26)10-19(9-17)15-26/h3-7,11-12,17-19H,2,8-10,13-15H2,1H3. The zero-order chi connectivity index (χ0) is 19.8. The van der Waals surface area contributed by atoms with Crippen LogP contribution in [0.3, 0.4) is 0 Å². The molecule has 0 atom stereocenters. The molecule has 2 amide bonds. The fourth-order valence-corrected chi connectivity index (χ4v) is 7.18. The average molecular weight is 386 g/mol. The first-order valence-corrected chi connectivity index (χ1v) is 11.2. The quantitative estimate of drug-likeness (QED) is 0.653. The molecule has 0 saturated heterocycles. The Morgan fingerprint density at radius 1 is 0.862 bits per heavy atom. The molecule has 2 aromatic rings. The molecule has 2 aromatic carbocycles. The van der Waals surface area contributed by atoms with Gasteiger partial charge in [0.25, 0.3) is 11.8 Å². The maximum atomic E-state index is 13.3. The number of imide groups is 1. The summed E-state index contributed by atoms with van der Waals surface area (Å²) in [6.07, 6.45) is 8.90. The fourth-order valence-electron chi connectivity index (χ4n) is 7.18. The third-order valence-electron chi connectivity index (χ3n) is 8.11. The van der Waals surface area contributed by atoms with E-state index >= 15 is 0 Å². The summed E-state index contributed by atoms with van der Waals surface area (Å²) in [4.78, 5) is 27.7. The number of carbonyl (C=O) groups is 2. The molecule has 29 heavy (non-hydrogen) atoms. The lowest BCUT2D eigenvalue weighted by Gasteiger charge is -2.57. The molecular weight excluding hydrogens is 358 g/mol. The van der Waals surface area contributed by atoms with Gasteiger partial charge in [0, 0.05) is 0 Å². The van der Waals surface area contributed by atoms with Crippen LogP contribution in [-0.4, -0.2) is 11.8 Å². The fraction of sp³-hybridized carbons (Fsp3) is 0.462. The van der Waals surface area contributed by atoms with Gasteiger partial charge in [0.05, 0.1) is 16.8 Å². The predicted octanol–water partition coefficient (Wildman–Crippen LogP) is 5.52. The number of fused-ring (bicyclic) bond motifs is 1. The Kier molecular flexibility index (Phi) is 3.63. The molecular formula is C26H27NO2. The Hall–Kier alpha value is -2.42. The van der Waals surface area contributed by atoms with Crippen molar-refractivity contribution in [3.8, 4) is 0 Å². The molecule has 5 aliphatic rings. The third kappa shape index (κ3) is 2.49. The second-order valence-electron chi connectivity index (χ2n) is 9.93. The molecule has 4 aliphatic carbocycles. The summed E-state index contributed by atoms with van der Waals surface area (Å²) in [5.41, 5.74) is 4.53. The summed E-state index contributed by atoms with van der Waals surface area (Å²) < 4.78 is 0. The molecule has 0 spiro atoms. The molecule has 0 radical (unpaired) electrons. The minimum absolute atomic E-state index is 0.162. The van der Waals surface area contributed by atoms with Gasteiger partial charge in [-0.15, -0.1) is 0 Å². The van der Waals surface area contributed by atoms with Crippen LogP contribution in [0.15, 0.2) is 42.5 Å². The first-order valence-electron chi connectivity index (χ1n) is 11.2. The predicted molar refractivity (Wildman–Crippen MR) is 113 cm³/mol. The van der Waals surface area contributed by atoms with E-state index in [2.05, 4.69) is 19.1 Å². The van der Waals surface area contributed by atoms with Crippen LogP contribution in [0.25, 0.3) is 0 Å². The number of carbonyl (C=O) groups excluding carboxylic acids is 2. The number of nitrogens with zero attached hydrogens (tertiary/aromatic N) is 1. The van der Waals surface area contributed by atoms with Gasteiger partial charge in [-0.05, 0) is 104 Å². The lowest BCUT2D eigenvalue weighted by Crippen LogP contribution is -2.48. The molecule has 0 N–H and O–H groups in total. The van der Waals surface area contributed by atoms with Crippen molar-refractivity contribution in [3.63, 3.8) is 0 Å². The smallest absolute Gasteiger partial charge is 0.266 e. The summed E-state index contributed by atoms with van der Waals surface area (Å²) in [6.45, 7) is 2.08. The molecule has 4 bridgehead atoms. The van der Waals surface area contributed by atoms with Gasteiger partial charge in [-0.2, -0.15) is 0 Å². The van der Waals surface area contributed by atoms with Crippen molar-refractivity contribution in [2.24, 2.45) is 17.8 Å². The highest BCUT2D eigenvalue weighted by atomic mass is 16.2. The number of amides is 2. The minimum atomic E-state index is -0.185. The van der Waals surface area contributed by atoms with Crippen molar-refractivity contribution >= 4 is 17.5 Å². The molecule has 1 heterocycles. The number of hydrogen-bond acceptors (Lipinski definition) is 2. The van der Waals surface area contributed by atoms with Gasteiger partial charge in [-0.3, -0.25) is 9.59 Å². The van der Waals surface area contributed by atoms with Crippen LogP contribution < -0.4 is 4.90 Å². The van der Waals surface area contributed by atoms with E-state index in [1.807, 2.05) is 30.3 Å². The van der Waals surface area contributed by atoms with Gasteiger partial charge in [-0.1, -0.05) is 25.1 Å². The van der Waals surface area contributed by atoms with Crippen LogP contribution >= 0.6 is 0 Å². The zero-order valence-electron chi connectivity index (χ0n) is 17.0. The van der Waals surface area contributed by atoms with E-state index in [1.165, 1.54) is 49.0 Å². The van der Waals surface area contributed by atoms with Crippen LogP contribution in [0.1, 0.15) is 77.3 Å². The molecule has 0 unspecified atom stereocenters. The maximum absolute atomic E-state index is 13.3. The van der Waals surface area contributed by atoms with Gasteiger partial charge in [0.15, 0.2) is 0 Å². The number of rotatable bonds is 3. The molecule has 7 rings (SSSR count). The Morgan fingerprint density at radius 3 is 2.17 bits per heavy atom. The molecule has 0 aromatic heterocycles. The largest absolute Gasteiger partial charge is 0.268 e. The average Bonchev–Trinajstić information content (AvgIpc) is 2.97. The van der Waals surface area contributed by atoms with Crippen LogP contribution in [0.4, 0.5) is 5.69 Å². The number of hydrogen-bond donors (Lipinski definition) is 0. The van der Waals surface area contributed by atoms with Crippen LogP contribution in [0, 0.1) is 17.8 Å². The van der Waals surface area contributed by atoms with E-state index in [0.717, 1.165) is 29.7 Å². The highest BCUT2D eigenvalue weighted by Gasteiger charge is 2.52. The van der Waals surface area contributed by atoms with E-state index in [0.29, 0.717) is 16.8 Å². The van der Waals surface area contributed by atoms with Crippen LogP contribution in [-0.2, 0) is 11.8 Å². The molecule has 3 heteroatoms. The minimum Gasteiger partial charge on any atom is -0.268 e. The van der Waals surface area contributed by atoms with Crippen molar-refractivity contribution < 1.29 is 9.59 Å². The van der Waals surface area contributed by atoms with Crippen molar-refractivity contribution in [2.45, 2.75) is 57.3 Å². The van der Waals surface area contributed by atoms with Crippen molar-refractivity contribution in [2.75, 3.05) is 4.90 Å². The zero-order valence-corrected chi connectivity index (χ0v) is 17.0. The third-order valence-corrected chi connectivity index (χ3v) is 8.11.